The number of amides is 5. The summed E-state index contributed by atoms with van der Waals surface area (Å²) in [6.07, 6.45) is 9.39. The number of halogens is 2. The molecule has 0 bridgehead atoms. The van der Waals surface area contributed by atoms with E-state index in [4.69, 9.17) is 15.2 Å². The molecule has 2 aromatic carbocycles. The topological polar surface area (TPSA) is 327 Å². The van der Waals surface area contributed by atoms with Crippen molar-refractivity contribution in [3.8, 4) is 5.75 Å². The predicted molar refractivity (Wildman–Crippen MR) is 343 cm³/mol. The number of carbonyl (C=O) groups is 9. The van der Waals surface area contributed by atoms with E-state index in [-0.39, 0.29) is 142 Å². The number of aryl methyl sites for hydroxylation is 2. The Kier molecular flexibility index (Phi) is 31.7. The lowest BCUT2D eigenvalue weighted by molar-refractivity contribution is -0.140. The molecule has 3 aliphatic rings. The summed E-state index contributed by atoms with van der Waals surface area (Å²) in [5.74, 6) is -6.94. The zero-order valence-corrected chi connectivity index (χ0v) is 53.9. The first-order valence-corrected chi connectivity index (χ1v) is 32.8. The maximum absolute atomic E-state index is 14.0. The molecule has 3 fully saturated rings. The number of nitrogens with two attached hydrogens (primary N) is 1. The van der Waals surface area contributed by atoms with E-state index in [2.05, 4.69) is 33.1 Å². The summed E-state index contributed by atoms with van der Waals surface area (Å²) >= 11 is 0. The molecule has 0 aliphatic carbocycles. The molecule has 1 aromatic heterocycles. The lowest BCUT2D eigenvalue weighted by Crippen LogP contribution is -2.52. The molecule has 3 aromatic rings. The summed E-state index contributed by atoms with van der Waals surface area (Å²) in [6.45, 7) is 4.44. The zero-order chi connectivity index (χ0) is 67.1. The fourth-order valence-electron chi connectivity index (χ4n) is 12.0. The molecule has 0 radical (unpaired) electrons. The lowest BCUT2D eigenvalue weighted by atomic mass is 9.91. The second kappa shape index (κ2) is 39.4. The SMILES string of the molecule is Cc1ccc(CCCC(=O)NCCOCCC(NC(=O)CN2CCN(CC(=O)O)CCN(CC(=O)O)CCN(CC(=O)O)CC2)C(=O)NCCCCCC(=O)N2CCC(CCCCOc3ccc4nccc(C(=O)CCC(=O)N5CC(F)(F)C[C@@H]5CN)c4c3)CC2)cc1. The summed E-state index contributed by atoms with van der Waals surface area (Å²) in [5.41, 5.74) is 8.93. The molecule has 93 heavy (non-hydrogen) atoms. The monoisotopic (exact) mass is 1310 g/mol. The van der Waals surface area contributed by atoms with Crippen molar-refractivity contribution in [2.75, 3.05) is 138 Å². The number of likely N-dealkylation sites (tertiary alicyclic amines) is 2. The summed E-state index contributed by atoms with van der Waals surface area (Å²) in [6, 6.07) is 13.3. The Morgan fingerprint density at radius 2 is 1.29 bits per heavy atom. The number of ketones is 1. The number of ether oxygens (including phenoxy) is 2. The van der Waals surface area contributed by atoms with Crippen LogP contribution in [0.3, 0.4) is 0 Å². The van der Waals surface area contributed by atoms with E-state index >= 15 is 0 Å². The number of fused-ring (bicyclic) bond motifs is 1. The van der Waals surface area contributed by atoms with Crippen molar-refractivity contribution in [1.82, 2.24) is 50.3 Å². The predicted octanol–water partition coefficient (Wildman–Crippen LogP) is 3.67. The Balaban J connectivity index is 0.906. The van der Waals surface area contributed by atoms with Crippen molar-refractivity contribution >= 4 is 64.1 Å². The Hall–Kier alpha value is -7.30. The average molecular weight is 1310 g/mol. The van der Waals surface area contributed by atoms with E-state index in [1.165, 1.54) is 11.8 Å². The maximum Gasteiger partial charge on any atom is 0.317 e. The van der Waals surface area contributed by atoms with Gasteiger partial charge in [0.2, 0.25) is 29.5 Å². The molecule has 0 saturated carbocycles. The van der Waals surface area contributed by atoms with Crippen molar-refractivity contribution in [3.05, 3.63) is 71.4 Å². The number of carboxylic acids is 3. The second-order valence-corrected chi connectivity index (χ2v) is 24.7. The molecular formula is C66H97F2N11O14. The fraction of sp³-hybridized carbons (Fsp3) is 0.636. The van der Waals surface area contributed by atoms with Crippen LogP contribution in [0, 0.1) is 12.8 Å². The van der Waals surface area contributed by atoms with Gasteiger partial charge in [-0.1, -0.05) is 42.7 Å². The highest BCUT2D eigenvalue weighted by Gasteiger charge is 2.46. The molecule has 25 nitrogen and oxygen atoms in total. The van der Waals surface area contributed by atoms with Gasteiger partial charge in [-0.3, -0.25) is 67.7 Å². The van der Waals surface area contributed by atoms with Gasteiger partial charge in [0.05, 0.1) is 51.5 Å². The van der Waals surface area contributed by atoms with E-state index in [0.29, 0.717) is 92.9 Å². The fourth-order valence-corrected chi connectivity index (χ4v) is 12.0. The highest BCUT2D eigenvalue weighted by Crippen LogP contribution is 2.33. The van der Waals surface area contributed by atoms with Crippen molar-refractivity contribution < 1.29 is 76.7 Å². The molecule has 3 saturated heterocycles. The number of piperidine rings is 1. The Morgan fingerprint density at radius 1 is 0.656 bits per heavy atom. The second-order valence-electron chi connectivity index (χ2n) is 24.7. The van der Waals surface area contributed by atoms with Crippen molar-refractivity contribution in [2.45, 2.75) is 128 Å². The van der Waals surface area contributed by atoms with E-state index in [1.807, 2.05) is 24.0 Å². The third kappa shape index (κ3) is 27.7. The van der Waals surface area contributed by atoms with Gasteiger partial charge in [0.15, 0.2) is 5.78 Å². The number of hydrogen-bond donors (Lipinski definition) is 7. The van der Waals surface area contributed by atoms with Gasteiger partial charge in [0.1, 0.15) is 11.8 Å². The molecule has 514 valence electrons. The number of rotatable bonds is 37. The molecule has 5 amide bonds. The number of Topliss-reactive ketones (excluding diaryl/α,β-unsaturated/α-hetero) is 1. The van der Waals surface area contributed by atoms with Crippen LogP contribution in [0.1, 0.15) is 118 Å². The highest BCUT2D eigenvalue weighted by atomic mass is 19.3. The Labute approximate surface area is 543 Å². The van der Waals surface area contributed by atoms with Crippen LogP contribution < -0.4 is 26.4 Å². The molecule has 6 rings (SSSR count). The number of pyridine rings is 1. The number of hydrogen-bond acceptors (Lipinski definition) is 17. The van der Waals surface area contributed by atoms with Crippen LogP contribution >= 0.6 is 0 Å². The highest BCUT2D eigenvalue weighted by molar-refractivity contribution is 6.08. The summed E-state index contributed by atoms with van der Waals surface area (Å²) < 4.78 is 39.9. The Bertz CT molecular complexity index is 2890. The summed E-state index contributed by atoms with van der Waals surface area (Å²) in [4.78, 5) is 129. The van der Waals surface area contributed by atoms with E-state index < -0.39 is 66.6 Å². The molecule has 0 spiro atoms. The van der Waals surface area contributed by atoms with Gasteiger partial charge in [0, 0.05) is 147 Å². The van der Waals surface area contributed by atoms with E-state index in [0.717, 1.165) is 49.0 Å². The number of carbonyl (C=O) groups excluding carboxylic acids is 6. The van der Waals surface area contributed by atoms with Gasteiger partial charge in [-0.15, -0.1) is 0 Å². The number of nitrogens with one attached hydrogen (secondary N) is 3. The number of alkyl halides is 2. The number of aromatic nitrogens is 1. The van der Waals surface area contributed by atoms with Gasteiger partial charge in [0.25, 0.3) is 5.92 Å². The molecule has 1 unspecified atom stereocenters. The van der Waals surface area contributed by atoms with E-state index in [9.17, 15) is 67.3 Å². The smallest absolute Gasteiger partial charge is 0.317 e. The third-order valence-corrected chi connectivity index (χ3v) is 17.3. The van der Waals surface area contributed by atoms with Crippen molar-refractivity contribution in [3.63, 3.8) is 0 Å². The number of benzene rings is 2. The number of carboxylic acid groups (broad SMARTS) is 3. The quantitative estimate of drug-likeness (QED) is 0.0320. The van der Waals surface area contributed by atoms with Gasteiger partial charge in [-0.2, -0.15) is 0 Å². The van der Waals surface area contributed by atoms with Crippen LogP contribution in [-0.4, -0.2) is 259 Å². The first kappa shape index (κ1) is 74.7. The van der Waals surface area contributed by atoms with Crippen LogP contribution in [-0.2, 0) is 49.5 Å². The molecule has 3 aliphatic heterocycles. The number of unbranched alkanes of at least 4 members (excludes halogenated alkanes) is 3. The van der Waals surface area contributed by atoms with Crippen LogP contribution in [0.4, 0.5) is 8.78 Å². The van der Waals surface area contributed by atoms with Gasteiger partial charge in [-0.25, -0.2) is 8.78 Å². The minimum Gasteiger partial charge on any atom is -0.494 e. The van der Waals surface area contributed by atoms with Gasteiger partial charge >= 0.3 is 17.9 Å². The molecular weight excluding hydrogens is 1210 g/mol. The Morgan fingerprint density at radius 3 is 1.91 bits per heavy atom. The summed E-state index contributed by atoms with van der Waals surface area (Å²) in [5, 5.41) is 38.1. The standard InChI is InChI=1S/C66H97F2N11O14/c1-48-12-14-49(15-13-48)9-7-10-58(81)71-26-39-92-38-23-56(73-59(82)43-74-29-31-75(44-62(85)86)33-35-77(46-64(89)90)36-34-76(32-30-74)45-63(87)88)65(91)72-24-5-2-3-11-60(83)78-27-21-50(22-28-78)8-4-6-37-93-52-16-17-55-54(40-52)53(20-25-70-55)57(80)18-19-61(84)79-47-66(67,68)41-51(79)42-69/h12-17,20,25,40,50-51,56H,2-11,18-19,21-24,26-39,41-47,69H2,1H3,(H,71,81)(H,72,91)(H,73,82)(H,85,86)(H,87,88)(H,89,90)/t51-,56?/m1/s1. The van der Waals surface area contributed by atoms with Crippen LogP contribution in [0.15, 0.2) is 54.7 Å². The first-order valence-electron chi connectivity index (χ1n) is 32.8. The molecule has 4 heterocycles. The van der Waals surface area contributed by atoms with Crippen molar-refractivity contribution in [1.29, 1.82) is 0 Å². The zero-order valence-electron chi connectivity index (χ0n) is 53.9. The van der Waals surface area contributed by atoms with Gasteiger partial charge < -0.3 is 56.3 Å². The molecule has 8 N–H and O–H groups in total. The minimum absolute atomic E-state index is 0.0770. The van der Waals surface area contributed by atoms with Crippen LogP contribution in [0.5, 0.6) is 5.75 Å². The van der Waals surface area contributed by atoms with Crippen LogP contribution in [0.25, 0.3) is 10.9 Å². The van der Waals surface area contributed by atoms with Gasteiger partial charge in [-0.05, 0) is 100 Å². The molecule has 2 atom stereocenters. The molecule has 27 heteroatoms. The van der Waals surface area contributed by atoms with E-state index in [1.54, 1.807) is 43.9 Å². The number of nitrogens with zero attached hydrogens (tertiary/aromatic N) is 7. The lowest BCUT2D eigenvalue weighted by Gasteiger charge is -2.33. The van der Waals surface area contributed by atoms with Crippen molar-refractivity contribution in [2.24, 2.45) is 11.7 Å². The average Bonchev–Trinajstić information content (AvgIpc) is 1.78. The van der Waals surface area contributed by atoms with Crippen LogP contribution in [0.2, 0.25) is 0 Å². The normalized spacial score (nSPS) is 17.7. The number of aliphatic carboxylic acids is 3. The minimum atomic E-state index is -3.00. The third-order valence-electron chi connectivity index (χ3n) is 17.3. The maximum atomic E-state index is 14.0. The summed E-state index contributed by atoms with van der Waals surface area (Å²) in [7, 11) is 0. The largest absolute Gasteiger partial charge is 0.494 e. The first-order chi connectivity index (χ1) is 44.6.